The SMILES string of the molecule is CC.CC(C)=C(C)NN. The van der Waals surface area contributed by atoms with Crippen LogP contribution < -0.4 is 11.3 Å². The van der Waals surface area contributed by atoms with E-state index in [2.05, 4.69) is 5.43 Å². The second-order valence-corrected chi connectivity index (χ2v) is 1.77. The lowest BCUT2D eigenvalue weighted by Gasteiger charge is -1.98. The molecule has 0 saturated heterocycles. The van der Waals surface area contributed by atoms with E-state index >= 15 is 0 Å². The minimum absolute atomic E-state index is 1.04. The molecule has 0 rings (SSSR count). The van der Waals surface area contributed by atoms with Crippen molar-refractivity contribution < 1.29 is 0 Å². The zero-order chi connectivity index (χ0) is 7.86. The zero-order valence-corrected chi connectivity index (χ0v) is 7.08. The highest BCUT2D eigenvalue weighted by atomic mass is 15.2. The molecule has 0 aromatic rings. The molecule has 0 unspecified atom stereocenters. The van der Waals surface area contributed by atoms with Crippen molar-refractivity contribution in [3.8, 4) is 0 Å². The van der Waals surface area contributed by atoms with Gasteiger partial charge in [-0.25, -0.2) is 0 Å². The van der Waals surface area contributed by atoms with Crippen LogP contribution in [0.5, 0.6) is 0 Å². The van der Waals surface area contributed by atoms with Crippen molar-refractivity contribution in [3.05, 3.63) is 11.3 Å². The summed E-state index contributed by atoms with van der Waals surface area (Å²) >= 11 is 0. The van der Waals surface area contributed by atoms with Crippen molar-refractivity contribution >= 4 is 0 Å². The summed E-state index contributed by atoms with van der Waals surface area (Å²) < 4.78 is 0. The minimum atomic E-state index is 1.04. The predicted octanol–water partition coefficient (Wildman–Crippen LogP) is 1.79. The lowest BCUT2D eigenvalue weighted by molar-refractivity contribution is 0.865. The third kappa shape index (κ3) is 7.50. The van der Waals surface area contributed by atoms with E-state index in [1.54, 1.807) is 0 Å². The van der Waals surface area contributed by atoms with Crippen LogP contribution in [0.1, 0.15) is 34.6 Å². The molecule has 2 heteroatoms. The number of hydrogen-bond acceptors (Lipinski definition) is 2. The van der Waals surface area contributed by atoms with Gasteiger partial charge < -0.3 is 5.43 Å². The third-order valence-corrected chi connectivity index (χ3v) is 0.967. The Balaban J connectivity index is 0. The van der Waals surface area contributed by atoms with Gasteiger partial charge in [0, 0.05) is 5.70 Å². The maximum Gasteiger partial charge on any atom is 0.0214 e. The Bertz CT molecular complexity index is 80.9. The van der Waals surface area contributed by atoms with E-state index in [-0.39, 0.29) is 0 Å². The first-order valence-corrected chi connectivity index (χ1v) is 3.29. The Labute approximate surface area is 58.1 Å². The molecule has 0 bridgehead atoms. The van der Waals surface area contributed by atoms with Crippen LogP contribution in [-0.2, 0) is 0 Å². The Kier molecular flexibility index (Phi) is 9.43. The molecule has 9 heavy (non-hydrogen) atoms. The van der Waals surface area contributed by atoms with Gasteiger partial charge in [0.25, 0.3) is 0 Å². The Morgan fingerprint density at radius 3 is 1.44 bits per heavy atom. The Hall–Kier alpha value is -0.500. The molecule has 0 atom stereocenters. The number of hydrazine groups is 1. The van der Waals surface area contributed by atoms with Gasteiger partial charge in [-0.3, -0.25) is 5.84 Å². The van der Waals surface area contributed by atoms with Gasteiger partial charge in [-0.2, -0.15) is 0 Å². The number of hydrogen-bond donors (Lipinski definition) is 2. The van der Waals surface area contributed by atoms with E-state index in [9.17, 15) is 0 Å². The quantitative estimate of drug-likeness (QED) is 0.419. The number of nitrogens with two attached hydrogens (primary N) is 1. The van der Waals surface area contributed by atoms with Crippen LogP contribution in [0.15, 0.2) is 11.3 Å². The van der Waals surface area contributed by atoms with Crippen molar-refractivity contribution in [1.82, 2.24) is 5.43 Å². The molecule has 0 radical (unpaired) electrons. The molecule has 0 aliphatic carbocycles. The molecule has 0 aliphatic heterocycles. The highest BCUT2D eigenvalue weighted by molar-refractivity contribution is 5.02. The molecule has 0 aromatic heterocycles. The fraction of sp³-hybridized carbons (Fsp3) is 0.714. The monoisotopic (exact) mass is 130 g/mol. The van der Waals surface area contributed by atoms with Crippen LogP contribution in [0, 0.1) is 0 Å². The number of rotatable bonds is 1. The zero-order valence-electron chi connectivity index (χ0n) is 7.08. The van der Waals surface area contributed by atoms with E-state index < -0.39 is 0 Å². The van der Waals surface area contributed by atoms with Gasteiger partial charge in [0.2, 0.25) is 0 Å². The molecule has 0 aromatic carbocycles. The summed E-state index contributed by atoms with van der Waals surface area (Å²) in [6.07, 6.45) is 0. The van der Waals surface area contributed by atoms with E-state index in [1.807, 2.05) is 34.6 Å². The molecule has 0 aliphatic rings. The fourth-order valence-electron chi connectivity index (χ4n) is 0.144. The van der Waals surface area contributed by atoms with Crippen LogP contribution in [0.3, 0.4) is 0 Å². The van der Waals surface area contributed by atoms with E-state index in [0.29, 0.717) is 0 Å². The lowest BCUT2D eigenvalue weighted by atomic mass is 10.3. The summed E-state index contributed by atoms with van der Waals surface area (Å²) in [7, 11) is 0. The molecule has 0 fully saturated rings. The summed E-state index contributed by atoms with van der Waals surface area (Å²) in [4.78, 5) is 0. The predicted molar refractivity (Wildman–Crippen MR) is 42.7 cm³/mol. The van der Waals surface area contributed by atoms with Crippen molar-refractivity contribution in [2.45, 2.75) is 34.6 Å². The van der Waals surface area contributed by atoms with Gasteiger partial charge in [0.15, 0.2) is 0 Å². The van der Waals surface area contributed by atoms with Gasteiger partial charge >= 0.3 is 0 Å². The standard InChI is InChI=1S/C5H12N2.C2H6/c1-4(2)5(3)7-6;1-2/h7H,6H2,1-3H3;1-2H3. The number of allylic oxidation sites excluding steroid dienone is 2. The van der Waals surface area contributed by atoms with Crippen molar-refractivity contribution in [2.75, 3.05) is 0 Å². The van der Waals surface area contributed by atoms with Crippen molar-refractivity contribution in [1.29, 1.82) is 0 Å². The van der Waals surface area contributed by atoms with Gasteiger partial charge in [-0.15, -0.1) is 0 Å². The molecule has 0 spiro atoms. The second-order valence-electron chi connectivity index (χ2n) is 1.77. The fourth-order valence-corrected chi connectivity index (χ4v) is 0.144. The van der Waals surface area contributed by atoms with Gasteiger partial charge in [0.1, 0.15) is 0 Å². The van der Waals surface area contributed by atoms with Crippen molar-refractivity contribution in [2.24, 2.45) is 5.84 Å². The van der Waals surface area contributed by atoms with Gasteiger partial charge in [-0.05, 0) is 20.8 Å². The summed E-state index contributed by atoms with van der Waals surface area (Å²) in [5.74, 6) is 5.07. The minimum Gasteiger partial charge on any atom is -0.329 e. The van der Waals surface area contributed by atoms with Gasteiger partial charge in [0.05, 0.1) is 0 Å². The van der Waals surface area contributed by atoms with E-state index in [1.165, 1.54) is 5.57 Å². The maximum absolute atomic E-state index is 5.07. The van der Waals surface area contributed by atoms with Crippen LogP contribution >= 0.6 is 0 Å². The lowest BCUT2D eigenvalue weighted by Crippen LogP contribution is -2.19. The highest BCUT2D eigenvalue weighted by Crippen LogP contribution is 1.93. The Morgan fingerprint density at radius 2 is 1.44 bits per heavy atom. The highest BCUT2D eigenvalue weighted by Gasteiger charge is 1.81. The first-order valence-electron chi connectivity index (χ1n) is 3.29. The van der Waals surface area contributed by atoms with Crippen LogP contribution in [0.2, 0.25) is 0 Å². The third-order valence-electron chi connectivity index (χ3n) is 0.967. The summed E-state index contributed by atoms with van der Waals surface area (Å²) in [6.45, 7) is 9.96. The molecule has 0 heterocycles. The molecule has 56 valence electrons. The van der Waals surface area contributed by atoms with Crippen LogP contribution in [0.4, 0.5) is 0 Å². The first-order chi connectivity index (χ1) is 4.18. The van der Waals surface area contributed by atoms with E-state index in [0.717, 1.165) is 5.70 Å². The molecule has 0 amide bonds. The second kappa shape index (κ2) is 7.50. The van der Waals surface area contributed by atoms with Crippen LogP contribution in [-0.4, -0.2) is 0 Å². The summed E-state index contributed by atoms with van der Waals surface area (Å²) in [5, 5.41) is 0. The average molecular weight is 130 g/mol. The first kappa shape index (κ1) is 11.3. The Morgan fingerprint density at radius 1 is 1.11 bits per heavy atom. The molecular weight excluding hydrogens is 112 g/mol. The van der Waals surface area contributed by atoms with Gasteiger partial charge in [-0.1, -0.05) is 19.4 Å². The van der Waals surface area contributed by atoms with Crippen LogP contribution in [0.25, 0.3) is 0 Å². The topological polar surface area (TPSA) is 38.0 Å². The maximum atomic E-state index is 5.07. The molecular formula is C7H18N2. The summed E-state index contributed by atoms with van der Waals surface area (Å²) in [5.41, 5.74) is 4.81. The molecule has 0 saturated carbocycles. The van der Waals surface area contributed by atoms with E-state index in [4.69, 9.17) is 5.84 Å². The number of nitrogens with one attached hydrogen (secondary N) is 1. The average Bonchev–Trinajstić information content (AvgIpc) is 1.91. The summed E-state index contributed by atoms with van der Waals surface area (Å²) in [6, 6.07) is 0. The normalized spacial score (nSPS) is 6.89. The smallest absolute Gasteiger partial charge is 0.0214 e. The largest absolute Gasteiger partial charge is 0.329 e. The molecule has 3 N–H and O–H groups in total. The molecule has 2 nitrogen and oxygen atoms in total. The van der Waals surface area contributed by atoms with Crippen molar-refractivity contribution in [3.63, 3.8) is 0 Å².